The topological polar surface area (TPSA) is 91.9 Å². The van der Waals surface area contributed by atoms with Crippen LogP contribution in [0.3, 0.4) is 0 Å². The van der Waals surface area contributed by atoms with Crippen molar-refractivity contribution in [3.8, 4) is 0 Å². The molecule has 0 spiro atoms. The molecular formula is C22H24N4O4. The third-order valence-electron chi connectivity index (χ3n) is 5.41. The number of hydrogen-bond acceptors (Lipinski definition) is 6. The molecule has 1 N–H and O–H groups in total. The van der Waals surface area contributed by atoms with Crippen LogP contribution in [-0.2, 0) is 4.79 Å². The molecular weight excluding hydrogens is 384 g/mol. The summed E-state index contributed by atoms with van der Waals surface area (Å²) in [7, 11) is 0. The van der Waals surface area contributed by atoms with Gasteiger partial charge < -0.3 is 14.6 Å². The molecule has 0 aliphatic carbocycles. The van der Waals surface area contributed by atoms with E-state index in [1.54, 1.807) is 12.1 Å². The average Bonchev–Trinajstić information content (AvgIpc) is 3.19. The lowest BCUT2D eigenvalue weighted by molar-refractivity contribution is -0.384. The minimum Gasteiger partial charge on any atom is -0.459 e. The number of fused-ring (bicyclic) bond motifs is 1. The Kier molecular flexibility index (Phi) is 5.67. The summed E-state index contributed by atoms with van der Waals surface area (Å²) in [6.45, 7) is 5.29. The standard InChI is InChI=1S/C22H24N4O4/c1-16(21-14-17-4-2-3-5-20(17)30-21)23-22(27)15-24-10-12-25(13-11-24)18-6-8-19(9-7-18)26(28)29/h2-9,14,16H,10-13,15H2,1H3,(H,23,27)/t16-/m1/s1. The van der Waals surface area contributed by atoms with E-state index in [9.17, 15) is 14.9 Å². The van der Waals surface area contributed by atoms with Crippen molar-refractivity contribution in [2.45, 2.75) is 13.0 Å². The van der Waals surface area contributed by atoms with Crippen molar-refractivity contribution in [3.63, 3.8) is 0 Å². The molecule has 8 heteroatoms. The van der Waals surface area contributed by atoms with Crippen LogP contribution in [0.15, 0.2) is 59.0 Å². The molecule has 1 fully saturated rings. The molecule has 0 radical (unpaired) electrons. The van der Waals surface area contributed by atoms with E-state index in [-0.39, 0.29) is 17.6 Å². The first-order valence-corrected chi connectivity index (χ1v) is 9.99. The summed E-state index contributed by atoms with van der Waals surface area (Å²) in [6, 6.07) is 16.1. The quantitative estimate of drug-likeness (QED) is 0.497. The molecule has 1 amide bonds. The Labute approximate surface area is 174 Å². The van der Waals surface area contributed by atoms with Gasteiger partial charge in [0.2, 0.25) is 5.91 Å². The van der Waals surface area contributed by atoms with Gasteiger partial charge in [-0.25, -0.2) is 0 Å². The highest BCUT2D eigenvalue weighted by Crippen LogP contribution is 2.24. The highest BCUT2D eigenvalue weighted by Gasteiger charge is 2.21. The van der Waals surface area contributed by atoms with Crippen molar-refractivity contribution in [2.24, 2.45) is 0 Å². The van der Waals surface area contributed by atoms with E-state index in [0.717, 1.165) is 48.6 Å². The van der Waals surface area contributed by atoms with Crippen LogP contribution in [0.5, 0.6) is 0 Å². The lowest BCUT2D eigenvalue weighted by atomic mass is 10.2. The number of piperazine rings is 1. The van der Waals surface area contributed by atoms with E-state index in [4.69, 9.17) is 4.42 Å². The Hall–Kier alpha value is -3.39. The number of amides is 1. The maximum absolute atomic E-state index is 12.5. The maximum atomic E-state index is 12.5. The largest absolute Gasteiger partial charge is 0.459 e. The average molecular weight is 408 g/mol. The predicted octanol–water partition coefficient (Wildman–Crippen LogP) is 3.34. The summed E-state index contributed by atoms with van der Waals surface area (Å²) in [4.78, 5) is 27.2. The number of benzene rings is 2. The van der Waals surface area contributed by atoms with Crippen LogP contribution < -0.4 is 10.2 Å². The van der Waals surface area contributed by atoms with Gasteiger partial charge in [-0.3, -0.25) is 19.8 Å². The fourth-order valence-electron chi connectivity index (χ4n) is 3.73. The molecule has 2 aromatic carbocycles. The number of nitro groups is 1. The minimum absolute atomic E-state index is 0.0354. The second-order valence-electron chi connectivity index (χ2n) is 7.51. The Morgan fingerprint density at radius 2 is 1.83 bits per heavy atom. The predicted molar refractivity (Wildman–Crippen MR) is 115 cm³/mol. The van der Waals surface area contributed by atoms with Crippen LogP contribution in [0.4, 0.5) is 11.4 Å². The van der Waals surface area contributed by atoms with Gasteiger partial charge in [-0.15, -0.1) is 0 Å². The van der Waals surface area contributed by atoms with Crippen molar-refractivity contribution in [3.05, 3.63) is 70.5 Å². The second kappa shape index (κ2) is 8.54. The molecule has 8 nitrogen and oxygen atoms in total. The Bertz CT molecular complexity index is 1010. The third kappa shape index (κ3) is 4.44. The van der Waals surface area contributed by atoms with Crippen molar-refractivity contribution < 1.29 is 14.1 Å². The number of para-hydroxylation sites is 1. The molecule has 1 atom stereocenters. The zero-order valence-corrected chi connectivity index (χ0v) is 16.8. The van der Waals surface area contributed by atoms with Gasteiger partial charge in [-0.05, 0) is 31.2 Å². The van der Waals surface area contributed by atoms with Crippen LogP contribution in [0.25, 0.3) is 11.0 Å². The van der Waals surface area contributed by atoms with E-state index >= 15 is 0 Å². The zero-order chi connectivity index (χ0) is 21.1. The fraction of sp³-hybridized carbons (Fsp3) is 0.318. The Morgan fingerprint density at radius 3 is 2.50 bits per heavy atom. The number of anilines is 1. The molecule has 0 saturated carbocycles. The molecule has 156 valence electrons. The lowest BCUT2D eigenvalue weighted by Crippen LogP contribution is -2.49. The van der Waals surface area contributed by atoms with Crippen molar-refractivity contribution in [1.82, 2.24) is 10.2 Å². The van der Waals surface area contributed by atoms with E-state index in [0.29, 0.717) is 6.54 Å². The SMILES string of the molecule is C[C@@H](NC(=O)CN1CCN(c2ccc([N+](=O)[O-])cc2)CC1)c1cc2ccccc2o1. The van der Waals surface area contributed by atoms with Gasteiger partial charge in [0, 0.05) is 49.4 Å². The van der Waals surface area contributed by atoms with Crippen LogP contribution in [0.1, 0.15) is 18.7 Å². The molecule has 1 saturated heterocycles. The van der Waals surface area contributed by atoms with Crippen molar-refractivity contribution in [1.29, 1.82) is 0 Å². The number of nitro benzene ring substituents is 1. The number of rotatable bonds is 6. The van der Waals surface area contributed by atoms with Gasteiger partial charge >= 0.3 is 0 Å². The van der Waals surface area contributed by atoms with Gasteiger partial charge in [0.1, 0.15) is 11.3 Å². The number of carbonyl (C=O) groups excluding carboxylic acids is 1. The van der Waals surface area contributed by atoms with Crippen molar-refractivity contribution in [2.75, 3.05) is 37.6 Å². The van der Waals surface area contributed by atoms with E-state index in [1.165, 1.54) is 12.1 Å². The zero-order valence-electron chi connectivity index (χ0n) is 16.8. The highest BCUT2D eigenvalue weighted by molar-refractivity contribution is 5.80. The summed E-state index contributed by atoms with van der Waals surface area (Å²) in [5.41, 5.74) is 1.87. The molecule has 1 aliphatic rings. The van der Waals surface area contributed by atoms with Crippen LogP contribution in [0, 0.1) is 10.1 Å². The summed E-state index contributed by atoms with van der Waals surface area (Å²) in [5.74, 6) is 0.708. The van der Waals surface area contributed by atoms with Gasteiger partial charge in [0.05, 0.1) is 17.5 Å². The minimum atomic E-state index is -0.396. The smallest absolute Gasteiger partial charge is 0.269 e. The summed E-state index contributed by atoms with van der Waals surface area (Å²) in [6.07, 6.45) is 0. The molecule has 30 heavy (non-hydrogen) atoms. The monoisotopic (exact) mass is 408 g/mol. The molecule has 4 rings (SSSR count). The number of carbonyl (C=O) groups is 1. The molecule has 1 aliphatic heterocycles. The van der Waals surface area contributed by atoms with Crippen molar-refractivity contribution >= 4 is 28.3 Å². The first-order chi connectivity index (χ1) is 14.5. The highest BCUT2D eigenvalue weighted by atomic mass is 16.6. The lowest BCUT2D eigenvalue weighted by Gasteiger charge is -2.35. The van der Waals surface area contributed by atoms with Crippen LogP contribution in [0.2, 0.25) is 0 Å². The molecule has 1 aromatic heterocycles. The Balaban J connectivity index is 1.27. The maximum Gasteiger partial charge on any atom is 0.269 e. The van der Waals surface area contributed by atoms with E-state index < -0.39 is 4.92 Å². The van der Waals surface area contributed by atoms with E-state index in [2.05, 4.69) is 15.1 Å². The first-order valence-electron chi connectivity index (χ1n) is 9.99. The fourth-order valence-corrected chi connectivity index (χ4v) is 3.73. The number of furan rings is 1. The van der Waals surface area contributed by atoms with Crippen LogP contribution in [-0.4, -0.2) is 48.5 Å². The number of non-ortho nitro benzene ring substituents is 1. The summed E-state index contributed by atoms with van der Waals surface area (Å²) in [5, 5.41) is 14.8. The van der Waals surface area contributed by atoms with E-state index in [1.807, 2.05) is 37.3 Å². The molecule has 2 heterocycles. The summed E-state index contributed by atoms with van der Waals surface area (Å²) >= 11 is 0. The summed E-state index contributed by atoms with van der Waals surface area (Å²) < 4.78 is 5.83. The van der Waals surface area contributed by atoms with Gasteiger partial charge in [-0.2, -0.15) is 0 Å². The van der Waals surface area contributed by atoms with Crippen LogP contribution >= 0.6 is 0 Å². The number of hydrogen-bond donors (Lipinski definition) is 1. The third-order valence-corrected chi connectivity index (χ3v) is 5.41. The molecule has 0 unspecified atom stereocenters. The van der Waals surface area contributed by atoms with Gasteiger partial charge in [0.25, 0.3) is 5.69 Å². The first kappa shape index (κ1) is 19.9. The van der Waals surface area contributed by atoms with Gasteiger partial charge in [-0.1, -0.05) is 18.2 Å². The number of nitrogens with one attached hydrogen (secondary N) is 1. The normalized spacial score (nSPS) is 15.8. The Morgan fingerprint density at radius 1 is 1.13 bits per heavy atom. The molecule has 0 bridgehead atoms. The molecule has 3 aromatic rings. The number of nitrogens with zero attached hydrogens (tertiary/aromatic N) is 3. The van der Waals surface area contributed by atoms with Gasteiger partial charge in [0.15, 0.2) is 0 Å². The second-order valence-corrected chi connectivity index (χ2v) is 7.51.